The number of hydrogen-bond acceptors (Lipinski definition) is 8. The fraction of sp³-hybridized carbons (Fsp3) is 0.375. The number of aryl methyl sites for hydroxylation is 1. The average Bonchev–Trinajstić information content (AvgIpc) is 2.84. The number of aliphatic hydroxyl groups excluding tert-OH is 1. The largest absolute Gasteiger partial charge is 0.475 e. The molecule has 0 amide bonds. The summed E-state index contributed by atoms with van der Waals surface area (Å²) in [4.78, 5) is 17.1. The third-order valence-electron chi connectivity index (χ3n) is 4.85. The summed E-state index contributed by atoms with van der Waals surface area (Å²) in [5, 5.41) is 18.7. The van der Waals surface area contributed by atoms with E-state index in [1.807, 2.05) is 6.07 Å². The monoisotopic (exact) mass is 487 g/mol. The number of pyridine rings is 2. The average molecular weight is 488 g/mol. The lowest BCUT2D eigenvalue weighted by molar-refractivity contribution is 0.00349. The molecule has 34 heavy (non-hydrogen) atoms. The number of nitriles is 1. The van der Waals surface area contributed by atoms with E-state index < -0.39 is 0 Å². The molecule has 3 aromatic rings. The van der Waals surface area contributed by atoms with Crippen molar-refractivity contribution in [1.29, 1.82) is 5.26 Å². The Morgan fingerprint density at radius 1 is 1.06 bits per heavy atom. The van der Waals surface area contributed by atoms with Crippen molar-refractivity contribution >= 4 is 22.5 Å². The van der Waals surface area contributed by atoms with Crippen LogP contribution in [0, 0.1) is 18.3 Å². The Balaban J connectivity index is 1.70. The van der Waals surface area contributed by atoms with Crippen LogP contribution in [0.3, 0.4) is 0 Å². The van der Waals surface area contributed by atoms with E-state index in [2.05, 4.69) is 11.1 Å². The second-order valence-electron chi connectivity index (χ2n) is 7.16. The minimum atomic E-state index is -0.277. The maximum atomic E-state index is 12.9. The van der Waals surface area contributed by atoms with Gasteiger partial charge in [-0.05, 0) is 19.1 Å². The van der Waals surface area contributed by atoms with Gasteiger partial charge in [0.25, 0.3) is 0 Å². The Bertz CT molecular complexity index is 1210. The second kappa shape index (κ2) is 13.0. The molecule has 3 rings (SSSR count). The number of hydrogen-bond donors (Lipinski definition) is 1. The highest BCUT2D eigenvalue weighted by Crippen LogP contribution is 2.31. The van der Waals surface area contributed by atoms with Gasteiger partial charge in [0, 0.05) is 11.8 Å². The highest BCUT2D eigenvalue weighted by atomic mass is 35.5. The molecule has 0 bridgehead atoms. The van der Waals surface area contributed by atoms with Crippen molar-refractivity contribution in [2.45, 2.75) is 6.92 Å². The minimum Gasteiger partial charge on any atom is -0.475 e. The van der Waals surface area contributed by atoms with Gasteiger partial charge in [0.15, 0.2) is 5.43 Å². The van der Waals surface area contributed by atoms with Crippen LogP contribution in [0.5, 0.6) is 5.88 Å². The van der Waals surface area contributed by atoms with Crippen molar-refractivity contribution < 1.29 is 24.1 Å². The summed E-state index contributed by atoms with van der Waals surface area (Å²) >= 11 is 6.48. The molecule has 0 saturated heterocycles. The van der Waals surface area contributed by atoms with Crippen LogP contribution in [0.2, 0.25) is 5.02 Å². The number of ether oxygens (including phenoxy) is 4. The predicted molar refractivity (Wildman–Crippen MR) is 127 cm³/mol. The van der Waals surface area contributed by atoms with Crippen molar-refractivity contribution in [3.8, 4) is 17.6 Å². The molecule has 10 heteroatoms. The van der Waals surface area contributed by atoms with Crippen LogP contribution in [0.4, 0.5) is 0 Å². The van der Waals surface area contributed by atoms with Gasteiger partial charge < -0.3 is 28.6 Å². The van der Waals surface area contributed by atoms with E-state index in [-0.39, 0.29) is 41.5 Å². The first kappa shape index (κ1) is 25.6. The molecular weight excluding hydrogens is 462 g/mol. The number of para-hydroxylation sites is 1. The fourth-order valence-corrected chi connectivity index (χ4v) is 3.62. The summed E-state index contributed by atoms with van der Waals surface area (Å²) < 4.78 is 23.5. The third kappa shape index (κ3) is 6.32. The number of fused-ring (bicyclic) bond motifs is 1. The van der Waals surface area contributed by atoms with Gasteiger partial charge in [-0.3, -0.25) is 4.79 Å². The summed E-state index contributed by atoms with van der Waals surface area (Å²) in [5.41, 5.74) is 1.83. The summed E-state index contributed by atoms with van der Waals surface area (Å²) in [5.74, 6) is 0.147. The van der Waals surface area contributed by atoms with Gasteiger partial charge >= 0.3 is 0 Å². The van der Waals surface area contributed by atoms with Gasteiger partial charge in [-0.2, -0.15) is 5.26 Å². The molecule has 0 aliphatic carbocycles. The number of aliphatic hydroxyl groups is 1. The minimum absolute atomic E-state index is 0.0124. The van der Waals surface area contributed by atoms with Gasteiger partial charge in [-0.25, -0.2) is 4.98 Å². The standard InChI is InChI=1S/C24H26ClN3O6/c1-17-14-21(30)22-23(28(17)20-5-3-2-4-18(20)15-26)19(25)16-27-24(22)34-13-12-33-11-10-32-9-8-31-7-6-29/h2-5,14,16,29H,6-13H2,1H3. The lowest BCUT2D eigenvalue weighted by Crippen LogP contribution is -2.16. The van der Waals surface area contributed by atoms with Crippen molar-refractivity contribution in [2.75, 3.05) is 52.9 Å². The highest BCUT2D eigenvalue weighted by molar-refractivity contribution is 6.35. The Kier molecular flexibility index (Phi) is 9.82. The first-order valence-electron chi connectivity index (χ1n) is 10.8. The van der Waals surface area contributed by atoms with Crippen LogP contribution in [0.1, 0.15) is 11.3 Å². The number of nitrogens with zero attached hydrogens (tertiary/aromatic N) is 3. The van der Waals surface area contributed by atoms with Crippen LogP contribution in [-0.4, -0.2) is 67.5 Å². The normalized spacial score (nSPS) is 11.0. The van der Waals surface area contributed by atoms with Gasteiger partial charge in [0.05, 0.1) is 74.2 Å². The maximum absolute atomic E-state index is 12.9. The number of benzene rings is 1. The van der Waals surface area contributed by atoms with E-state index in [1.165, 1.54) is 12.3 Å². The molecule has 0 aliphatic rings. The lowest BCUT2D eigenvalue weighted by Gasteiger charge is -2.18. The summed E-state index contributed by atoms with van der Waals surface area (Å²) in [6.07, 6.45) is 1.43. The van der Waals surface area contributed by atoms with E-state index in [1.54, 1.807) is 29.7 Å². The molecule has 0 unspecified atom stereocenters. The summed E-state index contributed by atoms with van der Waals surface area (Å²) in [6, 6.07) is 10.7. The maximum Gasteiger partial charge on any atom is 0.227 e. The molecule has 0 radical (unpaired) electrons. The first-order valence-corrected chi connectivity index (χ1v) is 11.1. The van der Waals surface area contributed by atoms with Crippen LogP contribution in [-0.2, 0) is 14.2 Å². The van der Waals surface area contributed by atoms with Crippen molar-refractivity contribution in [3.05, 3.63) is 63.0 Å². The van der Waals surface area contributed by atoms with E-state index in [0.29, 0.717) is 55.5 Å². The molecule has 1 aromatic carbocycles. The third-order valence-corrected chi connectivity index (χ3v) is 5.12. The van der Waals surface area contributed by atoms with Crippen LogP contribution >= 0.6 is 11.6 Å². The Hall–Kier alpha value is -3.00. The molecule has 2 aromatic heterocycles. The molecule has 0 fully saturated rings. The number of aromatic nitrogens is 2. The summed E-state index contributed by atoms with van der Waals surface area (Å²) in [7, 11) is 0. The summed E-state index contributed by atoms with van der Waals surface area (Å²) in [6.45, 7) is 4.10. The van der Waals surface area contributed by atoms with E-state index >= 15 is 0 Å². The zero-order valence-electron chi connectivity index (χ0n) is 18.8. The molecule has 0 saturated carbocycles. The van der Waals surface area contributed by atoms with Crippen molar-refractivity contribution in [3.63, 3.8) is 0 Å². The highest BCUT2D eigenvalue weighted by Gasteiger charge is 2.18. The quantitative estimate of drug-likeness (QED) is 0.366. The molecule has 2 heterocycles. The van der Waals surface area contributed by atoms with Crippen molar-refractivity contribution in [1.82, 2.24) is 9.55 Å². The van der Waals surface area contributed by atoms with Gasteiger partial charge in [-0.1, -0.05) is 23.7 Å². The lowest BCUT2D eigenvalue weighted by atomic mass is 10.1. The van der Waals surface area contributed by atoms with Crippen LogP contribution < -0.4 is 10.2 Å². The van der Waals surface area contributed by atoms with Gasteiger partial charge in [0.2, 0.25) is 5.88 Å². The first-order chi connectivity index (χ1) is 16.6. The molecule has 1 N–H and O–H groups in total. The molecule has 0 spiro atoms. The molecule has 180 valence electrons. The Morgan fingerprint density at radius 2 is 1.71 bits per heavy atom. The number of halogens is 1. The Morgan fingerprint density at radius 3 is 2.38 bits per heavy atom. The topological polar surface area (TPSA) is 116 Å². The SMILES string of the molecule is Cc1cc(=O)c2c(OCCOCCOCCOCCO)ncc(Cl)c2n1-c1ccccc1C#N. The second-order valence-corrected chi connectivity index (χ2v) is 7.57. The zero-order chi connectivity index (χ0) is 24.3. The zero-order valence-corrected chi connectivity index (χ0v) is 19.6. The number of rotatable bonds is 13. The molecule has 9 nitrogen and oxygen atoms in total. The van der Waals surface area contributed by atoms with Crippen LogP contribution in [0.15, 0.2) is 41.3 Å². The molecule has 0 atom stereocenters. The Labute approximate surface area is 202 Å². The van der Waals surface area contributed by atoms with E-state index in [0.717, 1.165) is 0 Å². The smallest absolute Gasteiger partial charge is 0.227 e. The molecular formula is C24H26ClN3O6. The van der Waals surface area contributed by atoms with Gasteiger partial charge in [0.1, 0.15) is 18.1 Å². The fourth-order valence-electron chi connectivity index (χ4n) is 3.39. The van der Waals surface area contributed by atoms with Crippen LogP contribution in [0.25, 0.3) is 16.6 Å². The molecule has 0 aliphatic heterocycles. The van der Waals surface area contributed by atoms with Gasteiger partial charge in [-0.15, -0.1) is 0 Å². The predicted octanol–water partition coefficient (Wildman–Crippen LogP) is 2.64. The van der Waals surface area contributed by atoms with E-state index in [4.69, 9.17) is 35.7 Å². The van der Waals surface area contributed by atoms with Crippen molar-refractivity contribution in [2.24, 2.45) is 0 Å². The van der Waals surface area contributed by atoms with E-state index in [9.17, 15) is 10.1 Å².